The van der Waals surface area contributed by atoms with Gasteiger partial charge in [0.15, 0.2) is 0 Å². The SMILES string of the molecule is COCCNCc1ccc(Br)cc1.O=C(O)C(=O)O. The zero-order valence-corrected chi connectivity index (χ0v) is 12.0. The second-order valence-corrected chi connectivity index (χ2v) is 4.32. The fourth-order valence-corrected chi connectivity index (χ4v) is 1.27. The summed E-state index contributed by atoms with van der Waals surface area (Å²) in [5, 5.41) is 18.1. The van der Waals surface area contributed by atoms with E-state index in [0.29, 0.717) is 0 Å². The first-order valence-corrected chi connectivity index (χ1v) is 6.17. The maximum absolute atomic E-state index is 9.10. The number of halogens is 1. The lowest BCUT2D eigenvalue weighted by atomic mass is 10.2. The maximum Gasteiger partial charge on any atom is 0.414 e. The average molecular weight is 334 g/mol. The molecule has 0 aliphatic heterocycles. The molecule has 0 spiro atoms. The number of carboxylic acid groups (broad SMARTS) is 2. The molecule has 0 saturated heterocycles. The molecule has 0 aliphatic carbocycles. The van der Waals surface area contributed by atoms with Crippen molar-refractivity contribution in [2.24, 2.45) is 0 Å². The number of carboxylic acids is 2. The summed E-state index contributed by atoms with van der Waals surface area (Å²) >= 11 is 3.40. The van der Waals surface area contributed by atoms with Gasteiger partial charge in [0.25, 0.3) is 0 Å². The quantitative estimate of drug-likeness (QED) is 0.556. The first-order chi connectivity index (χ1) is 8.97. The summed E-state index contributed by atoms with van der Waals surface area (Å²) < 4.78 is 6.05. The molecule has 0 radical (unpaired) electrons. The number of ether oxygens (including phenoxy) is 1. The van der Waals surface area contributed by atoms with Crippen LogP contribution in [-0.4, -0.2) is 42.4 Å². The largest absolute Gasteiger partial charge is 0.473 e. The zero-order chi connectivity index (χ0) is 14.7. The molecular formula is C12H16BrNO5. The van der Waals surface area contributed by atoms with Crippen LogP contribution in [0.5, 0.6) is 0 Å². The Balaban J connectivity index is 0.000000459. The van der Waals surface area contributed by atoms with Crippen molar-refractivity contribution >= 4 is 27.9 Å². The Bertz CT molecular complexity index is 382. The molecule has 1 aromatic carbocycles. The summed E-state index contributed by atoms with van der Waals surface area (Å²) in [4.78, 5) is 18.2. The third-order valence-corrected chi connectivity index (χ3v) is 2.44. The standard InChI is InChI=1S/C10H14BrNO.C2H2O4/c1-13-7-6-12-8-9-2-4-10(11)5-3-9;3-1(4)2(5)6/h2-5,12H,6-8H2,1H3;(H,3,4)(H,5,6). The van der Waals surface area contributed by atoms with Crippen LogP contribution in [0.2, 0.25) is 0 Å². The van der Waals surface area contributed by atoms with Crippen LogP contribution < -0.4 is 5.32 Å². The number of methoxy groups -OCH3 is 1. The van der Waals surface area contributed by atoms with Crippen LogP contribution in [0, 0.1) is 0 Å². The Labute approximate surface area is 119 Å². The molecule has 0 aliphatic rings. The Morgan fingerprint density at radius 2 is 1.74 bits per heavy atom. The zero-order valence-electron chi connectivity index (χ0n) is 10.4. The summed E-state index contributed by atoms with van der Waals surface area (Å²) in [6.45, 7) is 2.56. The molecule has 0 fully saturated rings. The highest BCUT2D eigenvalue weighted by molar-refractivity contribution is 9.10. The lowest BCUT2D eigenvalue weighted by Crippen LogP contribution is -2.18. The third-order valence-electron chi connectivity index (χ3n) is 1.91. The number of hydrogen-bond donors (Lipinski definition) is 3. The van der Waals surface area contributed by atoms with Crippen LogP contribution in [0.15, 0.2) is 28.7 Å². The monoisotopic (exact) mass is 333 g/mol. The number of hydrogen-bond acceptors (Lipinski definition) is 4. The van der Waals surface area contributed by atoms with E-state index in [0.717, 1.165) is 24.2 Å². The maximum atomic E-state index is 9.10. The second kappa shape index (κ2) is 10.5. The van der Waals surface area contributed by atoms with E-state index in [9.17, 15) is 0 Å². The van der Waals surface area contributed by atoms with Gasteiger partial charge in [-0.25, -0.2) is 9.59 Å². The molecule has 0 aromatic heterocycles. The van der Waals surface area contributed by atoms with Crippen LogP contribution in [-0.2, 0) is 20.9 Å². The van der Waals surface area contributed by atoms with E-state index in [-0.39, 0.29) is 0 Å². The van der Waals surface area contributed by atoms with Gasteiger partial charge in [-0.3, -0.25) is 0 Å². The predicted octanol–water partition coefficient (Wildman–Crippen LogP) is 1.34. The summed E-state index contributed by atoms with van der Waals surface area (Å²) in [5.74, 6) is -3.65. The molecule has 0 bridgehead atoms. The van der Waals surface area contributed by atoms with E-state index in [4.69, 9.17) is 24.5 Å². The van der Waals surface area contributed by atoms with Gasteiger partial charge >= 0.3 is 11.9 Å². The van der Waals surface area contributed by atoms with Gasteiger partial charge in [-0.15, -0.1) is 0 Å². The lowest BCUT2D eigenvalue weighted by Gasteiger charge is -2.03. The van der Waals surface area contributed by atoms with Crippen molar-refractivity contribution in [3.8, 4) is 0 Å². The van der Waals surface area contributed by atoms with Crippen molar-refractivity contribution in [3.05, 3.63) is 34.3 Å². The predicted molar refractivity (Wildman–Crippen MR) is 73.0 cm³/mol. The van der Waals surface area contributed by atoms with E-state index < -0.39 is 11.9 Å². The minimum atomic E-state index is -1.82. The highest BCUT2D eigenvalue weighted by Crippen LogP contribution is 2.09. The molecule has 106 valence electrons. The van der Waals surface area contributed by atoms with Crippen LogP contribution in [0.3, 0.4) is 0 Å². The van der Waals surface area contributed by atoms with Crippen LogP contribution >= 0.6 is 15.9 Å². The Morgan fingerprint density at radius 3 is 2.16 bits per heavy atom. The molecule has 0 unspecified atom stereocenters. The minimum absolute atomic E-state index is 0.760. The Hall–Kier alpha value is -1.44. The molecule has 1 aromatic rings. The molecular weight excluding hydrogens is 318 g/mol. The molecule has 0 amide bonds. The normalized spacial score (nSPS) is 9.37. The summed E-state index contributed by atoms with van der Waals surface area (Å²) in [5.41, 5.74) is 1.29. The average Bonchev–Trinajstić information content (AvgIpc) is 2.37. The van der Waals surface area contributed by atoms with Crippen molar-refractivity contribution in [2.75, 3.05) is 20.3 Å². The van der Waals surface area contributed by atoms with Gasteiger partial charge in [0.2, 0.25) is 0 Å². The molecule has 7 heteroatoms. The topological polar surface area (TPSA) is 95.9 Å². The van der Waals surface area contributed by atoms with Crippen molar-refractivity contribution in [3.63, 3.8) is 0 Å². The Morgan fingerprint density at radius 1 is 1.21 bits per heavy atom. The molecule has 3 N–H and O–H groups in total. The molecule has 0 atom stereocenters. The number of nitrogens with one attached hydrogen (secondary N) is 1. The van der Waals surface area contributed by atoms with Crippen LogP contribution in [0.4, 0.5) is 0 Å². The lowest BCUT2D eigenvalue weighted by molar-refractivity contribution is -0.159. The Kier molecular flexibility index (Phi) is 9.69. The number of aliphatic carboxylic acids is 2. The first kappa shape index (κ1) is 17.6. The van der Waals surface area contributed by atoms with E-state index in [1.165, 1.54) is 5.56 Å². The van der Waals surface area contributed by atoms with E-state index in [1.54, 1.807) is 7.11 Å². The highest BCUT2D eigenvalue weighted by Gasteiger charge is 2.04. The van der Waals surface area contributed by atoms with E-state index in [1.807, 2.05) is 12.1 Å². The molecule has 6 nitrogen and oxygen atoms in total. The summed E-state index contributed by atoms with van der Waals surface area (Å²) in [7, 11) is 1.71. The minimum Gasteiger partial charge on any atom is -0.473 e. The number of carbonyl (C=O) groups is 2. The van der Waals surface area contributed by atoms with Gasteiger partial charge in [-0.05, 0) is 17.7 Å². The highest BCUT2D eigenvalue weighted by atomic mass is 79.9. The first-order valence-electron chi connectivity index (χ1n) is 5.37. The third kappa shape index (κ3) is 10.2. The van der Waals surface area contributed by atoms with E-state index >= 15 is 0 Å². The van der Waals surface area contributed by atoms with Gasteiger partial charge in [-0.2, -0.15) is 0 Å². The molecule has 0 saturated carbocycles. The molecule has 1 rings (SSSR count). The van der Waals surface area contributed by atoms with Gasteiger partial charge in [0.1, 0.15) is 0 Å². The fraction of sp³-hybridized carbons (Fsp3) is 0.333. The van der Waals surface area contributed by atoms with Crippen molar-refractivity contribution in [1.82, 2.24) is 5.32 Å². The van der Waals surface area contributed by atoms with Crippen LogP contribution in [0.1, 0.15) is 5.56 Å². The van der Waals surface area contributed by atoms with E-state index in [2.05, 4.69) is 33.4 Å². The fourth-order valence-electron chi connectivity index (χ4n) is 1.01. The number of benzene rings is 1. The van der Waals surface area contributed by atoms with Crippen molar-refractivity contribution in [2.45, 2.75) is 6.54 Å². The molecule has 0 heterocycles. The van der Waals surface area contributed by atoms with Gasteiger partial charge in [0.05, 0.1) is 6.61 Å². The van der Waals surface area contributed by atoms with Gasteiger partial charge in [0, 0.05) is 24.7 Å². The smallest absolute Gasteiger partial charge is 0.414 e. The van der Waals surface area contributed by atoms with Gasteiger partial charge < -0.3 is 20.3 Å². The summed E-state index contributed by atoms with van der Waals surface area (Å²) in [6, 6.07) is 8.30. The molecule has 19 heavy (non-hydrogen) atoms. The second-order valence-electron chi connectivity index (χ2n) is 3.41. The van der Waals surface area contributed by atoms with Gasteiger partial charge in [-0.1, -0.05) is 28.1 Å². The van der Waals surface area contributed by atoms with Crippen molar-refractivity contribution < 1.29 is 24.5 Å². The van der Waals surface area contributed by atoms with Crippen molar-refractivity contribution in [1.29, 1.82) is 0 Å². The van der Waals surface area contributed by atoms with Crippen LogP contribution in [0.25, 0.3) is 0 Å². The number of rotatable bonds is 5. The summed E-state index contributed by atoms with van der Waals surface area (Å²) in [6.07, 6.45) is 0.